The Balaban J connectivity index is 2.13. The molecule has 18 heavy (non-hydrogen) atoms. The van der Waals surface area contributed by atoms with Crippen molar-refractivity contribution < 1.29 is 9.59 Å². The fraction of sp³-hybridized carbons (Fsp3) is 0.417. The lowest BCUT2D eigenvalue weighted by molar-refractivity contribution is -0.119. The van der Waals surface area contributed by atoms with Gasteiger partial charge in [0.15, 0.2) is 0 Å². The van der Waals surface area contributed by atoms with Gasteiger partial charge in [-0.3, -0.25) is 9.59 Å². The van der Waals surface area contributed by atoms with Gasteiger partial charge in [0.25, 0.3) is 0 Å². The number of hydrogen-bond donors (Lipinski definition) is 0. The second-order valence-corrected chi connectivity index (χ2v) is 4.90. The van der Waals surface area contributed by atoms with Crippen molar-refractivity contribution in [2.75, 3.05) is 18.5 Å². The molecule has 0 aromatic carbocycles. The summed E-state index contributed by atoms with van der Waals surface area (Å²) in [6, 6.07) is 3.37. The number of likely N-dealkylation sites (N-methyl/N-ethyl adjacent to an activating group) is 1. The number of rotatable bonds is 6. The van der Waals surface area contributed by atoms with Gasteiger partial charge in [-0.2, -0.15) is 0 Å². The average molecular weight is 268 g/mol. The van der Waals surface area contributed by atoms with Crippen molar-refractivity contribution in [2.45, 2.75) is 18.4 Å². The van der Waals surface area contributed by atoms with E-state index < -0.39 is 0 Å². The van der Waals surface area contributed by atoms with Gasteiger partial charge in [0.05, 0.1) is 17.4 Å². The fourth-order valence-electron chi connectivity index (χ4n) is 1.92. The first-order valence-corrected chi connectivity index (χ1v) is 6.01. The molecular formula is C12H14ClN3O2. The largest absolute Gasteiger partial charge is 0.341 e. The van der Waals surface area contributed by atoms with Crippen LogP contribution in [0.2, 0.25) is 5.15 Å². The predicted molar refractivity (Wildman–Crippen MR) is 68.4 cm³/mol. The van der Waals surface area contributed by atoms with Crippen molar-refractivity contribution in [3.63, 3.8) is 0 Å². The number of carbonyl (C=O) groups excluding carboxylic acids is 2. The highest BCUT2D eigenvalue weighted by Gasteiger charge is 2.47. The molecule has 2 amide bonds. The lowest BCUT2D eigenvalue weighted by atomic mass is 10.2. The third-order valence-corrected chi connectivity index (χ3v) is 3.59. The van der Waals surface area contributed by atoms with Crippen molar-refractivity contribution in [3.8, 4) is 0 Å². The fourth-order valence-corrected chi connectivity index (χ4v) is 2.03. The zero-order valence-corrected chi connectivity index (χ0v) is 10.8. The van der Waals surface area contributed by atoms with E-state index in [0.29, 0.717) is 17.4 Å². The van der Waals surface area contributed by atoms with Gasteiger partial charge in [-0.1, -0.05) is 11.6 Å². The summed E-state index contributed by atoms with van der Waals surface area (Å²) in [5.41, 5.74) is 0.461. The van der Waals surface area contributed by atoms with Gasteiger partial charge in [-0.15, -0.1) is 0 Å². The Morgan fingerprint density at radius 2 is 2.11 bits per heavy atom. The summed E-state index contributed by atoms with van der Waals surface area (Å²) < 4.78 is 0. The van der Waals surface area contributed by atoms with E-state index in [-0.39, 0.29) is 5.54 Å². The maximum absolute atomic E-state index is 11.2. The molecule has 5 nitrogen and oxygen atoms in total. The van der Waals surface area contributed by atoms with E-state index >= 15 is 0 Å². The van der Waals surface area contributed by atoms with Crippen LogP contribution in [0.25, 0.3) is 0 Å². The van der Waals surface area contributed by atoms with Gasteiger partial charge in [0.1, 0.15) is 5.15 Å². The molecule has 0 atom stereocenters. The Bertz CT molecular complexity index is 445. The zero-order valence-electron chi connectivity index (χ0n) is 10.0. The monoisotopic (exact) mass is 267 g/mol. The van der Waals surface area contributed by atoms with Gasteiger partial charge in [-0.25, -0.2) is 4.98 Å². The lowest BCUT2D eigenvalue weighted by Gasteiger charge is -2.29. The first-order valence-electron chi connectivity index (χ1n) is 5.63. The Hall–Kier alpha value is -1.62. The predicted octanol–water partition coefficient (Wildman–Crippen LogP) is 1.32. The van der Waals surface area contributed by atoms with Crippen LogP contribution in [0.3, 0.4) is 0 Å². The number of halogens is 1. The van der Waals surface area contributed by atoms with Crippen LogP contribution in [0.15, 0.2) is 18.3 Å². The summed E-state index contributed by atoms with van der Waals surface area (Å²) in [4.78, 5) is 29.1. The molecule has 1 heterocycles. The first-order chi connectivity index (χ1) is 8.61. The molecule has 1 fully saturated rings. The molecule has 1 aromatic rings. The topological polar surface area (TPSA) is 53.5 Å². The third kappa shape index (κ3) is 2.46. The van der Waals surface area contributed by atoms with Crippen molar-refractivity contribution in [1.29, 1.82) is 0 Å². The summed E-state index contributed by atoms with van der Waals surface area (Å²) >= 11 is 5.71. The van der Waals surface area contributed by atoms with Crippen LogP contribution in [0.4, 0.5) is 5.69 Å². The minimum atomic E-state index is -0.220. The Kier molecular flexibility index (Phi) is 3.52. The number of amides is 2. The summed E-state index contributed by atoms with van der Waals surface area (Å²) in [5.74, 6) is 0. The van der Waals surface area contributed by atoms with Gasteiger partial charge < -0.3 is 9.80 Å². The van der Waals surface area contributed by atoms with E-state index in [2.05, 4.69) is 4.98 Å². The quantitative estimate of drug-likeness (QED) is 0.577. The highest BCUT2D eigenvalue weighted by Crippen LogP contribution is 2.41. The third-order valence-electron chi connectivity index (χ3n) is 3.37. The Labute approximate surface area is 110 Å². The van der Waals surface area contributed by atoms with Crippen LogP contribution in [-0.4, -0.2) is 41.8 Å². The number of aromatic nitrogens is 1. The molecule has 0 saturated heterocycles. The normalized spacial score (nSPS) is 15.9. The summed E-state index contributed by atoms with van der Waals surface area (Å²) in [7, 11) is 1.74. The van der Waals surface area contributed by atoms with Gasteiger partial charge in [-0.05, 0) is 25.0 Å². The van der Waals surface area contributed by atoms with Crippen molar-refractivity contribution >= 4 is 30.1 Å². The molecule has 2 rings (SSSR count). The van der Waals surface area contributed by atoms with Crippen molar-refractivity contribution in [1.82, 2.24) is 9.88 Å². The first kappa shape index (κ1) is 12.8. The van der Waals surface area contributed by atoms with Crippen molar-refractivity contribution in [3.05, 3.63) is 23.5 Å². The van der Waals surface area contributed by atoms with E-state index in [1.165, 1.54) is 0 Å². The van der Waals surface area contributed by atoms with Crippen LogP contribution in [-0.2, 0) is 9.59 Å². The van der Waals surface area contributed by atoms with E-state index in [1.807, 2.05) is 0 Å². The van der Waals surface area contributed by atoms with E-state index in [0.717, 1.165) is 25.7 Å². The van der Waals surface area contributed by atoms with Crippen LogP contribution in [0.5, 0.6) is 0 Å². The van der Waals surface area contributed by atoms with Crippen LogP contribution < -0.4 is 4.90 Å². The molecule has 0 unspecified atom stereocenters. The highest BCUT2D eigenvalue weighted by molar-refractivity contribution is 6.29. The number of pyridine rings is 1. The number of anilines is 1. The molecule has 0 spiro atoms. The second kappa shape index (κ2) is 4.94. The average Bonchev–Trinajstić information content (AvgIpc) is 3.17. The van der Waals surface area contributed by atoms with Gasteiger partial charge >= 0.3 is 0 Å². The molecule has 0 radical (unpaired) electrons. The van der Waals surface area contributed by atoms with Crippen LogP contribution >= 0.6 is 11.6 Å². The molecule has 96 valence electrons. The lowest BCUT2D eigenvalue weighted by Crippen LogP contribution is -2.43. The van der Waals surface area contributed by atoms with E-state index in [9.17, 15) is 9.59 Å². The standard InChI is InChI=1S/C12H14ClN3O2/c1-15(8-17)12(4-5-12)7-16(9-18)10-2-3-11(13)14-6-10/h2-3,6,8-9H,4-5,7H2,1H3. The SMILES string of the molecule is CN(C=O)C1(CN(C=O)c2ccc(Cl)nc2)CC1. The number of carbonyl (C=O) groups is 2. The zero-order chi connectivity index (χ0) is 13.2. The highest BCUT2D eigenvalue weighted by atomic mass is 35.5. The molecule has 1 aromatic heterocycles. The smallest absolute Gasteiger partial charge is 0.214 e. The summed E-state index contributed by atoms with van der Waals surface area (Å²) in [6.07, 6.45) is 4.93. The summed E-state index contributed by atoms with van der Waals surface area (Å²) in [5, 5.41) is 0.385. The van der Waals surface area contributed by atoms with Crippen LogP contribution in [0.1, 0.15) is 12.8 Å². The number of hydrogen-bond acceptors (Lipinski definition) is 3. The van der Waals surface area contributed by atoms with Crippen molar-refractivity contribution in [2.24, 2.45) is 0 Å². The maximum atomic E-state index is 11.2. The molecule has 0 bridgehead atoms. The molecule has 1 aliphatic rings. The molecule has 0 aliphatic heterocycles. The minimum absolute atomic E-state index is 0.220. The maximum Gasteiger partial charge on any atom is 0.214 e. The molecule has 1 aliphatic carbocycles. The minimum Gasteiger partial charge on any atom is -0.341 e. The Morgan fingerprint density at radius 1 is 1.39 bits per heavy atom. The van der Waals surface area contributed by atoms with Gasteiger partial charge in [0.2, 0.25) is 12.8 Å². The molecule has 1 saturated carbocycles. The Morgan fingerprint density at radius 3 is 2.56 bits per heavy atom. The van der Waals surface area contributed by atoms with Crippen LogP contribution in [0, 0.1) is 0 Å². The van der Waals surface area contributed by atoms with E-state index in [4.69, 9.17) is 11.6 Å². The molecule has 6 heteroatoms. The number of nitrogens with zero attached hydrogens (tertiary/aromatic N) is 3. The van der Waals surface area contributed by atoms with Gasteiger partial charge in [0, 0.05) is 13.6 Å². The second-order valence-electron chi connectivity index (χ2n) is 4.51. The molecule has 0 N–H and O–H groups in total. The van der Waals surface area contributed by atoms with E-state index in [1.54, 1.807) is 35.2 Å². The summed E-state index contributed by atoms with van der Waals surface area (Å²) in [6.45, 7) is 0.481. The molecular weight excluding hydrogens is 254 g/mol.